The molecule has 1 spiro atoms. The van der Waals surface area contributed by atoms with Gasteiger partial charge in [0.2, 0.25) is 11.8 Å². The molecule has 0 radical (unpaired) electrons. The van der Waals surface area contributed by atoms with Crippen molar-refractivity contribution < 1.29 is 24.2 Å². The van der Waals surface area contributed by atoms with Gasteiger partial charge in [0.05, 0.1) is 35.8 Å². The van der Waals surface area contributed by atoms with E-state index in [2.05, 4.69) is 13.2 Å². The first-order valence-electron chi connectivity index (χ1n) is 13.0. The third-order valence-corrected chi connectivity index (χ3v) is 9.84. The van der Waals surface area contributed by atoms with Crippen LogP contribution in [0.25, 0.3) is 0 Å². The number of nitrogens with zero attached hydrogens (tertiary/aromatic N) is 2. The molecule has 4 rings (SSSR count). The van der Waals surface area contributed by atoms with E-state index in [1.807, 2.05) is 51.1 Å². The van der Waals surface area contributed by atoms with Crippen molar-refractivity contribution in [2.75, 3.05) is 19.8 Å². The van der Waals surface area contributed by atoms with Crippen LogP contribution in [-0.2, 0) is 19.1 Å². The minimum atomic E-state index is -0.817. The average molecular weight is 527 g/mol. The van der Waals surface area contributed by atoms with Crippen LogP contribution in [0.3, 0.4) is 0 Å². The number of fused-ring (bicyclic) bond motifs is 1. The number of ether oxygens (including phenoxy) is 1. The van der Waals surface area contributed by atoms with Crippen LogP contribution in [-0.4, -0.2) is 74.0 Å². The summed E-state index contributed by atoms with van der Waals surface area (Å²) in [7, 11) is 0. The van der Waals surface area contributed by atoms with E-state index in [9.17, 15) is 19.5 Å². The molecule has 2 bridgehead atoms. The number of amides is 2. The van der Waals surface area contributed by atoms with Crippen LogP contribution in [0.4, 0.5) is 0 Å². The lowest BCUT2D eigenvalue weighted by Crippen LogP contribution is -2.59. The van der Waals surface area contributed by atoms with Crippen molar-refractivity contribution in [2.45, 2.75) is 67.7 Å². The van der Waals surface area contributed by atoms with Crippen molar-refractivity contribution in [1.29, 1.82) is 0 Å². The molecule has 1 aromatic carbocycles. The Bertz CT molecular complexity index is 1050. The van der Waals surface area contributed by atoms with E-state index in [1.54, 1.807) is 33.7 Å². The Hall–Kier alpha value is -2.58. The lowest BCUT2D eigenvalue weighted by atomic mass is 9.71. The molecule has 3 saturated heterocycles. The lowest BCUT2D eigenvalue weighted by Gasteiger charge is -2.43. The summed E-state index contributed by atoms with van der Waals surface area (Å²) in [6, 6.07) is 7.78. The number of rotatable bonds is 10. The molecule has 2 amide bonds. The second-order valence-electron chi connectivity index (χ2n) is 11.1. The zero-order valence-electron chi connectivity index (χ0n) is 22.0. The molecule has 1 aromatic rings. The molecule has 1 N–H and O–H groups in total. The quantitative estimate of drug-likeness (QED) is 0.284. The monoisotopic (exact) mass is 526 g/mol. The van der Waals surface area contributed by atoms with Crippen LogP contribution < -0.4 is 0 Å². The van der Waals surface area contributed by atoms with Crippen LogP contribution >= 0.6 is 11.8 Å². The fraction of sp³-hybridized carbons (Fsp3) is 0.552. The number of esters is 1. The first-order valence-corrected chi connectivity index (χ1v) is 13.9. The maximum Gasteiger partial charge on any atom is 0.310 e. The van der Waals surface area contributed by atoms with Crippen molar-refractivity contribution in [3.8, 4) is 0 Å². The van der Waals surface area contributed by atoms with E-state index in [1.165, 1.54) is 0 Å². The van der Waals surface area contributed by atoms with E-state index in [-0.39, 0.29) is 36.2 Å². The normalized spacial score (nSPS) is 29.1. The van der Waals surface area contributed by atoms with Gasteiger partial charge in [0.25, 0.3) is 0 Å². The molecule has 0 aliphatic carbocycles. The third-order valence-electron chi connectivity index (χ3n) is 7.89. The fourth-order valence-corrected chi connectivity index (χ4v) is 8.50. The topological polar surface area (TPSA) is 87.2 Å². The van der Waals surface area contributed by atoms with Gasteiger partial charge in [-0.1, -0.05) is 42.5 Å². The van der Waals surface area contributed by atoms with Crippen LogP contribution in [0, 0.1) is 11.8 Å². The van der Waals surface area contributed by atoms with E-state index in [0.717, 1.165) is 12.0 Å². The fourth-order valence-electron chi connectivity index (χ4n) is 6.31. The number of carbonyl (C=O) groups is 3. The molecule has 3 aliphatic heterocycles. The Morgan fingerprint density at radius 1 is 1.27 bits per heavy atom. The molecule has 3 heterocycles. The molecule has 200 valence electrons. The van der Waals surface area contributed by atoms with Crippen LogP contribution in [0.15, 0.2) is 55.6 Å². The van der Waals surface area contributed by atoms with Crippen molar-refractivity contribution in [3.63, 3.8) is 0 Å². The Labute approximate surface area is 223 Å². The van der Waals surface area contributed by atoms with Gasteiger partial charge in [0, 0.05) is 17.3 Å². The molecular formula is C29H38N2O5S. The molecule has 3 aliphatic rings. The largest absolute Gasteiger partial charge is 0.465 e. The summed E-state index contributed by atoms with van der Waals surface area (Å²) in [6.45, 7) is 13.6. The summed E-state index contributed by atoms with van der Waals surface area (Å²) in [5.41, 5.74) is 0.240. The SMILES string of the molecule is C=CCCOC(=O)[C@@H]1[C@@H]2CCC3(S2)C(C(=O)N(CC=C)C(C)(C)C)N([C@H](CO)c2ccccc2)C(=O)[C@H]13. The molecular weight excluding hydrogens is 488 g/mol. The van der Waals surface area contributed by atoms with Gasteiger partial charge in [-0.05, 0) is 45.6 Å². The maximum atomic E-state index is 14.5. The third kappa shape index (κ3) is 4.63. The van der Waals surface area contributed by atoms with Gasteiger partial charge < -0.3 is 19.6 Å². The van der Waals surface area contributed by atoms with Crippen molar-refractivity contribution in [3.05, 3.63) is 61.2 Å². The Morgan fingerprint density at radius 2 is 1.97 bits per heavy atom. The van der Waals surface area contributed by atoms with Gasteiger partial charge in [-0.3, -0.25) is 14.4 Å². The molecule has 2 unspecified atom stereocenters. The van der Waals surface area contributed by atoms with Crippen LogP contribution in [0.2, 0.25) is 0 Å². The molecule has 37 heavy (non-hydrogen) atoms. The van der Waals surface area contributed by atoms with Gasteiger partial charge >= 0.3 is 5.97 Å². The summed E-state index contributed by atoms with van der Waals surface area (Å²) in [5.74, 6) is -2.11. The minimum absolute atomic E-state index is 0.0746. The summed E-state index contributed by atoms with van der Waals surface area (Å²) in [5, 5.41) is 10.5. The maximum absolute atomic E-state index is 14.5. The molecule has 7 nitrogen and oxygen atoms in total. The highest BCUT2D eigenvalue weighted by atomic mass is 32.2. The highest BCUT2D eigenvalue weighted by molar-refractivity contribution is 8.02. The van der Waals surface area contributed by atoms with Crippen LogP contribution in [0.5, 0.6) is 0 Å². The van der Waals surface area contributed by atoms with Crippen molar-refractivity contribution >= 4 is 29.5 Å². The Kier molecular flexibility index (Phi) is 7.91. The highest BCUT2D eigenvalue weighted by Crippen LogP contribution is 2.67. The molecule has 0 saturated carbocycles. The first kappa shape index (κ1) is 27.5. The number of hydrogen-bond acceptors (Lipinski definition) is 6. The molecule has 8 heteroatoms. The van der Waals surface area contributed by atoms with Crippen molar-refractivity contribution in [2.24, 2.45) is 11.8 Å². The van der Waals surface area contributed by atoms with Crippen LogP contribution in [0.1, 0.15) is 51.6 Å². The molecule has 3 fully saturated rings. The second-order valence-corrected chi connectivity index (χ2v) is 12.7. The zero-order chi connectivity index (χ0) is 27.0. The van der Waals surface area contributed by atoms with E-state index >= 15 is 0 Å². The predicted molar refractivity (Wildman–Crippen MR) is 145 cm³/mol. The number of hydrogen-bond donors (Lipinski definition) is 1. The Morgan fingerprint density at radius 3 is 2.57 bits per heavy atom. The molecule has 6 atom stereocenters. The Balaban J connectivity index is 1.81. The summed E-state index contributed by atoms with van der Waals surface area (Å²) in [6.07, 6.45) is 5.31. The average Bonchev–Trinajstić information content (AvgIpc) is 3.50. The predicted octanol–water partition coefficient (Wildman–Crippen LogP) is 3.74. The number of aliphatic hydroxyl groups excluding tert-OH is 1. The zero-order valence-corrected chi connectivity index (χ0v) is 22.8. The first-order chi connectivity index (χ1) is 17.6. The summed E-state index contributed by atoms with van der Waals surface area (Å²) < 4.78 is 4.81. The standard InChI is InChI=1S/C29H38N2O5S/c1-6-8-17-36-27(35)22-21-14-15-29(37-21)23(22)25(33)31(20(18-32)19-12-10-9-11-13-19)24(29)26(34)30(16-7-2)28(3,4)5/h6-7,9-13,20-24,32H,1-2,8,14-18H2,3-5H3/t20-,21+,22-,23+,24?,29?/m1/s1. The van der Waals surface area contributed by atoms with E-state index in [0.29, 0.717) is 19.4 Å². The van der Waals surface area contributed by atoms with Gasteiger partial charge in [-0.25, -0.2) is 0 Å². The highest BCUT2D eigenvalue weighted by Gasteiger charge is 2.75. The number of thioether (sulfide) groups is 1. The van der Waals surface area contributed by atoms with Crippen molar-refractivity contribution in [1.82, 2.24) is 9.80 Å². The van der Waals surface area contributed by atoms with E-state index < -0.39 is 34.2 Å². The lowest BCUT2D eigenvalue weighted by molar-refractivity contribution is -0.154. The smallest absolute Gasteiger partial charge is 0.310 e. The minimum Gasteiger partial charge on any atom is -0.465 e. The number of carbonyl (C=O) groups excluding carboxylic acids is 3. The molecule has 0 aromatic heterocycles. The van der Waals surface area contributed by atoms with Gasteiger partial charge in [-0.15, -0.1) is 24.9 Å². The number of aliphatic hydroxyl groups is 1. The number of benzene rings is 1. The van der Waals surface area contributed by atoms with Gasteiger partial charge in [0.1, 0.15) is 6.04 Å². The summed E-state index contributed by atoms with van der Waals surface area (Å²) >= 11 is 1.60. The second kappa shape index (κ2) is 10.7. The van der Waals surface area contributed by atoms with E-state index in [4.69, 9.17) is 4.74 Å². The summed E-state index contributed by atoms with van der Waals surface area (Å²) in [4.78, 5) is 45.4. The number of likely N-dealkylation sites (tertiary alicyclic amines) is 1. The van der Waals surface area contributed by atoms with Gasteiger partial charge in [0.15, 0.2) is 0 Å². The van der Waals surface area contributed by atoms with Gasteiger partial charge in [-0.2, -0.15) is 0 Å².